The number of rotatable bonds is 7. The van der Waals surface area contributed by atoms with Gasteiger partial charge in [-0.05, 0) is 43.5 Å². The summed E-state index contributed by atoms with van der Waals surface area (Å²) in [4.78, 5) is 13.4. The lowest BCUT2D eigenvalue weighted by atomic mass is 10.0. The molecule has 3 nitrogen and oxygen atoms in total. The van der Waals surface area contributed by atoms with Crippen molar-refractivity contribution < 1.29 is 9.53 Å². The van der Waals surface area contributed by atoms with E-state index in [4.69, 9.17) is 4.74 Å². The van der Waals surface area contributed by atoms with Crippen molar-refractivity contribution in [1.29, 1.82) is 0 Å². The molecule has 0 aliphatic heterocycles. The van der Waals surface area contributed by atoms with Crippen LogP contribution in [0.3, 0.4) is 0 Å². The van der Waals surface area contributed by atoms with E-state index in [2.05, 4.69) is 32.0 Å². The van der Waals surface area contributed by atoms with E-state index < -0.39 is 0 Å². The first-order chi connectivity index (χ1) is 10.7. The molecule has 2 aromatic carbocycles. The first-order valence-electron chi connectivity index (χ1n) is 7.56. The zero-order valence-corrected chi connectivity index (χ0v) is 13.4. The third-order valence-electron chi connectivity index (χ3n) is 4.03. The van der Waals surface area contributed by atoms with Crippen LogP contribution in [0.1, 0.15) is 31.0 Å². The second-order valence-corrected chi connectivity index (χ2v) is 5.54. The van der Waals surface area contributed by atoms with E-state index in [0.717, 1.165) is 24.1 Å². The lowest BCUT2D eigenvalue weighted by molar-refractivity contribution is -0.122. The lowest BCUT2D eigenvalue weighted by Crippen LogP contribution is -2.35. The van der Waals surface area contributed by atoms with Crippen LogP contribution in [0.25, 0.3) is 0 Å². The van der Waals surface area contributed by atoms with E-state index in [1.165, 1.54) is 5.56 Å². The minimum Gasteiger partial charge on any atom is -0.497 e. The second kappa shape index (κ2) is 7.64. The van der Waals surface area contributed by atoms with Gasteiger partial charge in [0.15, 0.2) is 0 Å². The molecule has 0 bridgehead atoms. The molecule has 0 aliphatic carbocycles. The summed E-state index contributed by atoms with van der Waals surface area (Å²) in [5.41, 5.74) is 2.31. The monoisotopic (exact) mass is 297 g/mol. The van der Waals surface area contributed by atoms with Crippen molar-refractivity contribution in [2.45, 2.75) is 32.4 Å². The molecule has 0 aromatic heterocycles. The maximum Gasteiger partial charge on any atom is 0.210 e. The average molecular weight is 297 g/mol. The van der Waals surface area contributed by atoms with Crippen LogP contribution in [0, 0.1) is 0 Å². The van der Waals surface area contributed by atoms with Gasteiger partial charge in [0.2, 0.25) is 6.41 Å². The Kier molecular flexibility index (Phi) is 5.59. The summed E-state index contributed by atoms with van der Waals surface area (Å²) in [5.74, 6) is 0.846. The van der Waals surface area contributed by atoms with Crippen LogP contribution in [-0.2, 0) is 11.2 Å². The summed E-state index contributed by atoms with van der Waals surface area (Å²) in [6.07, 6.45) is 1.75. The molecule has 3 heteroatoms. The van der Waals surface area contributed by atoms with Crippen molar-refractivity contribution >= 4 is 6.41 Å². The Hall–Kier alpha value is -2.29. The molecule has 0 radical (unpaired) electrons. The quantitative estimate of drug-likeness (QED) is 0.727. The molecule has 0 unspecified atom stereocenters. The largest absolute Gasteiger partial charge is 0.497 e. The Balaban J connectivity index is 2.11. The van der Waals surface area contributed by atoms with Crippen LogP contribution in [0.4, 0.5) is 0 Å². The van der Waals surface area contributed by atoms with Gasteiger partial charge in [0.05, 0.1) is 13.2 Å². The average Bonchev–Trinajstić information content (AvgIpc) is 2.56. The molecule has 0 fully saturated rings. The fourth-order valence-corrected chi connectivity index (χ4v) is 2.73. The highest BCUT2D eigenvalue weighted by molar-refractivity contribution is 5.49. The summed E-state index contributed by atoms with van der Waals surface area (Å²) in [6.45, 7) is 4.14. The Labute approximate surface area is 132 Å². The van der Waals surface area contributed by atoms with Gasteiger partial charge in [-0.2, -0.15) is 0 Å². The van der Waals surface area contributed by atoms with Gasteiger partial charge >= 0.3 is 0 Å². The number of carbonyl (C=O) groups is 1. The minimum atomic E-state index is 0.0549. The highest BCUT2D eigenvalue weighted by Crippen LogP contribution is 2.23. The number of nitrogens with zero attached hydrogens (tertiary/aromatic N) is 1. The summed E-state index contributed by atoms with van der Waals surface area (Å²) in [5, 5.41) is 0. The molecule has 1 amide bonds. The van der Waals surface area contributed by atoms with Gasteiger partial charge < -0.3 is 9.64 Å². The van der Waals surface area contributed by atoms with Gasteiger partial charge in [0.25, 0.3) is 0 Å². The zero-order valence-electron chi connectivity index (χ0n) is 13.4. The van der Waals surface area contributed by atoms with Gasteiger partial charge in [-0.1, -0.05) is 42.5 Å². The van der Waals surface area contributed by atoms with Crippen LogP contribution in [0.2, 0.25) is 0 Å². The molecular formula is C19H23NO2. The smallest absolute Gasteiger partial charge is 0.210 e. The van der Waals surface area contributed by atoms with Crippen molar-refractivity contribution in [2.24, 2.45) is 0 Å². The van der Waals surface area contributed by atoms with Crippen molar-refractivity contribution in [2.75, 3.05) is 7.11 Å². The molecule has 0 heterocycles. The number of methoxy groups -OCH3 is 1. The van der Waals surface area contributed by atoms with Crippen molar-refractivity contribution in [3.63, 3.8) is 0 Å². The van der Waals surface area contributed by atoms with E-state index in [-0.39, 0.29) is 12.1 Å². The maximum absolute atomic E-state index is 11.6. The highest BCUT2D eigenvalue weighted by Gasteiger charge is 2.20. The van der Waals surface area contributed by atoms with E-state index in [9.17, 15) is 4.79 Å². The predicted octanol–water partition coefficient (Wildman–Crippen LogP) is 3.85. The Morgan fingerprint density at radius 1 is 1.09 bits per heavy atom. The second-order valence-electron chi connectivity index (χ2n) is 5.54. The molecule has 0 aliphatic rings. The Morgan fingerprint density at radius 3 is 2.45 bits per heavy atom. The first kappa shape index (κ1) is 16.1. The maximum atomic E-state index is 11.6. The fraction of sp³-hybridized carbons (Fsp3) is 0.316. The molecule has 0 N–H and O–H groups in total. The minimum absolute atomic E-state index is 0.0549. The van der Waals surface area contributed by atoms with Crippen LogP contribution in [0.15, 0.2) is 54.6 Å². The van der Waals surface area contributed by atoms with E-state index in [1.54, 1.807) is 7.11 Å². The fourth-order valence-electron chi connectivity index (χ4n) is 2.73. The molecule has 116 valence electrons. The number of benzene rings is 2. The Morgan fingerprint density at radius 2 is 1.82 bits per heavy atom. The Bertz CT molecular complexity index is 597. The molecule has 0 spiro atoms. The van der Waals surface area contributed by atoms with Crippen molar-refractivity contribution in [1.82, 2.24) is 4.90 Å². The van der Waals surface area contributed by atoms with Gasteiger partial charge in [-0.25, -0.2) is 0 Å². The number of hydrogen-bond donors (Lipinski definition) is 0. The molecular weight excluding hydrogens is 274 g/mol. The molecule has 2 atom stereocenters. The van der Waals surface area contributed by atoms with Crippen LogP contribution >= 0.6 is 0 Å². The highest BCUT2D eigenvalue weighted by atomic mass is 16.5. The van der Waals surface area contributed by atoms with Crippen molar-refractivity contribution in [3.8, 4) is 5.75 Å². The molecule has 2 rings (SSSR count). The predicted molar refractivity (Wildman–Crippen MR) is 88.9 cm³/mol. The normalized spacial score (nSPS) is 13.2. The van der Waals surface area contributed by atoms with Crippen molar-refractivity contribution in [3.05, 3.63) is 65.7 Å². The number of hydrogen-bond acceptors (Lipinski definition) is 2. The third-order valence-corrected chi connectivity index (χ3v) is 4.03. The van der Waals surface area contributed by atoms with Crippen LogP contribution < -0.4 is 4.74 Å². The topological polar surface area (TPSA) is 29.5 Å². The van der Waals surface area contributed by atoms with Crippen LogP contribution in [0.5, 0.6) is 5.75 Å². The standard InChI is InChI=1S/C19H23NO2/c1-15(12-17-8-7-11-19(13-17)22-3)20(14-21)16(2)18-9-5-4-6-10-18/h4-11,13-16H,12H2,1-3H3/t15-,16-/m1/s1. The first-order valence-corrected chi connectivity index (χ1v) is 7.56. The molecule has 22 heavy (non-hydrogen) atoms. The van der Waals surface area contributed by atoms with Gasteiger partial charge in [-0.15, -0.1) is 0 Å². The summed E-state index contributed by atoms with van der Waals surface area (Å²) in [7, 11) is 1.66. The van der Waals surface area contributed by atoms with E-state index in [0.29, 0.717) is 0 Å². The molecule has 0 saturated heterocycles. The lowest BCUT2D eigenvalue weighted by Gasteiger charge is -2.31. The molecule has 0 saturated carbocycles. The van der Waals surface area contributed by atoms with E-state index >= 15 is 0 Å². The van der Waals surface area contributed by atoms with Crippen LogP contribution in [-0.4, -0.2) is 24.5 Å². The zero-order chi connectivity index (χ0) is 15.9. The number of amides is 1. The summed E-state index contributed by atoms with van der Waals surface area (Å²) >= 11 is 0. The van der Waals surface area contributed by atoms with Gasteiger partial charge in [0, 0.05) is 6.04 Å². The summed E-state index contributed by atoms with van der Waals surface area (Å²) < 4.78 is 5.26. The van der Waals surface area contributed by atoms with Gasteiger partial charge in [0.1, 0.15) is 5.75 Å². The summed E-state index contributed by atoms with van der Waals surface area (Å²) in [6, 6.07) is 18.3. The third kappa shape index (κ3) is 3.88. The molecule has 2 aromatic rings. The SMILES string of the molecule is COc1cccc(C[C@@H](C)N(C=O)[C@H](C)c2ccccc2)c1. The van der Waals surface area contributed by atoms with Gasteiger partial charge in [-0.3, -0.25) is 4.79 Å². The number of ether oxygens (including phenoxy) is 1. The van der Waals surface area contributed by atoms with E-state index in [1.807, 2.05) is 41.3 Å². The number of carbonyl (C=O) groups excluding carboxylic acids is 1.